The van der Waals surface area contributed by atoms with Crippen molar-refractivity contribution in [2.24, 2.45) is 5.92 Å². The van der Waals surface area contributed by atoms with E-state index in [9.17, 15) is 4.79 Å². The van der Waals surface area contributed by atoms with E-state index in [1.807, 2.05) is 0 Å². The van der Waals surface area contributed by atoms with Crippen LogP contribution in [0.1, 0.15) is 32.1 Å². The zero-order chi connectivity index (χ0) is 11.4. The third-order valence-corrected chi connectivity index (χ3v) is 3.81. The highest BCUT2D eigenvalue weighted by molar-refractivity contribution is 5.76. The van der Waals surface area contributed by atoms with Gasteiger partial charge >= 0.3 is 0 Å². The number of rotatable bonds is 5. The van der Waals surface area contributed by atoms with Crippen LogP contribution in [0.15, 0.2) is 0 Å². The topological polar surface area (TPSA) is 50.4 Å². The van der Waals surface area contributed by atoms with Gasteiger partial charge in [-0.15, -0.1) is 0 Å². The first-order valence-electron chi connectivity index (χ1n) is 6.32. The van der Waals surface area contributed by atoms with Crippen molar-refractivity contribution in [3.05, 3.63) is 0 Å². The Bertz CT molecular complexity index is 241. The van der Waals surface area contributed by atoms with Crippen LogP contribution in [-0.2, 0) is 9.53 Å². The van der Waals surface area contributed by atoms with Crippen molar-refractivity contribution in [1.82, 2.24) is 10.6 Å². The van der Waals surface area contributed by atoms with Crippen LogP contribution in [0, 0.1) is 5.92 Å². The molecule has 4 heteroatoms. The van der Waals surface area contributed by atoms with Gasteiger partial charge in [-0.25, -0.2) is 0 Å². The molecule has 1 amide bonds. The summed E-state index contributed by atoms with van der Waals surface area (Å²) in [6, 6.07) is 0.152. The van der Waals surface area contributed by atoms with Gasteiger partial charge in [-0.1, -0.05) is 19.3 Å². The molecule has 0 aromatic carbocycles. The number of ether oxygens (including phenoxy) is 1. The standard InChI is InChI=1S/C12H22N2O2/c1-16-11-8-13-7-10(11)14-12(15)6-5-9-3-2-4-9/h9-11,13H,2-8H2,1H3,(H,14,15)/t10?,11-/m0/s1. The summed E-state index contributed by atoms with van der Waals surface area (Å²) in [4.78, 5) is 11.7. The molecular weight excluding hydrogens is 204 g/mol. The molecule has 1 saturated carbocycles. The van der Waals surface area contributed by atoms with Crippen molar-refractivity contribution in [2.75, 3.05) is 20.2 Å². The van der Waals surface area contributed by atoms with E-state index in [1.165, 1.54) is 19.3 Å². The molecule has 1 saturated heterocycles. The number of methoxy groups -OCH3 is 1. The maximum Gasteiger partial charge on any atom is 0.220 e. The van der Waals surface area contributed by atoms with Gasteiger partial charge in [0.2, 0.25) is 5.91 Å². The van der Waals surface area contributed by atoms with Crippen LogP contribution in [0.4, 0.5) is 0 Å². The van der Waals surface area contributed by atoms with E-state index in [0.29, 0.717) is 6.42 Å². The first-order chi connectivity index (χ1) is 7.79. The molecule has 2 rings (SSSR count). The zero-order valence-electron chi connectivity index (χ0n) is 10.00. The van der Waals surface area contributed by atoms with Crippen molar-refractivity contribution in [3.63, 3.8) is 0 Å². The first kappa shape index (κ1) is 11.9. The number of hydrogen-bond acceptors (Lipinski definition) is 3. The second-order valence-electron chi connectivity index (χ2n) is 4.94. The SMILES string of the molecule is CO[C@H]1CNCC1NC(=O)CCC1CCC1. The molecule has 2 fully saturated rings. The van der Waals surface area contributed by atoms with Gasteiger partial charge in [0, 0.05) is 26.6 Å². The monoisotopic (exact) mass is 226 g/mol. The van der Waals surface area contributed by atoms with Crippen LogP contribution in [0.25, 0.3) is 0 Å². The highest BCUT2D eigenvalue weighted by Gasteiger charge is 2.28. The smallest absolute Gasteiger partial charge is 0.220 e. The molecule has 92 valence electrons. The molecule has 1 heterocycles. The maximum absolute atomic E-state index is 11.7. The minimum Gasteiger partial charge on any atom is -0.378 e. The lowest BCUT2D eigenvalue weighted by Crippen LogP contribution is -2.43. The molecule has 16 heavy (non-hydrogen) atoms. The van der Waals surface area contributed by atoms with Gasteiger partial charge in [-0.2, -0.15) is 0 Å². The van der Waals surface area contributed by atoms with Crippen LogP contribution >= 0.6 is 0 Å². The summed E-state index contributed by atoms with van der Waals surface area (Å²) in [6.45, 7) is 1.66. The minimum atomic E-state index is 0.132. The van der Waals surface area contributed by atoms with Crippen molar-refractivity contribution in [1.29, 1.82) is 0 Å². The second kappa shape index (κ2) is 5.64. The van der Waals surface area contributed by atoms with E-state index < -0.39 is 0 Å². The van der Waals surface area contributed by atoms with E-state index in [0.717, 1.165) is 25.4 Å². The number of carbonyl (C=O) groups is 1. The fourth-order valence-corrected chi connectivity index (χ4v) is 2.44. The molecule has 0 aromatic heterocycles. The summed E-state index contributed by atoms with van der Waals surface area (Å²) in [7, 11) is 1.70. The molecule has 0 spiro atoms. The summed E-state index contributed by atoms with van der Waals surface area (Å²) in [5, 5.41) is 6.28. The van der Waals surface area contributed by atoms with Crippen molar-refractivity contribution in [2.45, 2.75) is 44.2 Å². The van der Waals surface area contributed by atoms with Gasteiger partial charge in [-0.05, 0) is 12.3 Å². The summed E-state index contributed by atoms with van der Waals surface area (Å²) in [5.41, 5.74) is 0. The van der Waals surface area contributed by atoms with Gasteiger partial charge in [0.1, 0.15) is 0 Å². The molecule has 0 aromatic rings. The molecule has 1 aliphatic heterocycles. The van der Waals surface area contributed by atoms with Crippen molar-refractivity contribution < 1.29 is 9.53 Å². The Kier molecular flexibility index (Phi) is 4.18. The fourth-order valence-electron chi connectivity index (χ4n) is 2.44. The lowest BCUT2D eigenvalue weighted by Gasteiger charge is -2.25. The van der Waals surface area contributed by atoms with Crippen LogP contribution in [-0.4, -0.2) is 38.3 Å². The predicted molar refractivity (Wildman–Crippen MR) is 62.2 cm³/mol. The number of hydrogen-bond donors (Lipinski definition) is 2. The number of nitrogens with one attached hydrogen (secondary N) is 2. The molecule has 2 N–H and O–H groups in total. The normalized spacial score (nSPS) is 30.1. The lowest BCUT2D eigenvalue weighted by atomic mass is 9.82. The molecule has 0 radical (unpaired) electrons. The number of amides is 1. The van der Waals surface area contributed by atoms with Gasteiger partial charge < -0.3 is 15.4 Å². The van der Waals surface area contributed by atoms with Crippen LogP contribution in [0.5, 0.6) is 0 Å². The third kappa shape index (κ3) is 2.95. The molecule has 0 bridgehead atoms. The lowest BCUT2D eigenvalue weighted by molar-refractivity contribution is -0.122. The summed E-state index contributed by atoms with van der Waals surface area (Å²) in [5.74, 6) is 0.994. The summed E-state index contributed by atoms with van der Waals surface area (Å²) >= 11 is 0. The first-order valence-corrected chi connectivity index (χ1v) is 6.32. The largest absolute Gasteiger partial charge is 0.378 e. The zero-order valence-corrected chi connectivity index (χ0v) is 10.00. The molecule has 1 aliphatic carbocycles. The Balaban J connectivity index is 1.65. The van der Waals surface area contributed by atoms with Crippen LogP contribution < -0.4 is 10.6 Å². The maximum atomic E-state index is 11.7. The second-order valence-corrected chi connectivity index (χ2v) is 4.94. The Labute approximate surface area is 97.1 Å². The third-order valence-electron chi connectivity index (χ3n) is 3.81. The van der Waals surface area contributed by atoms with E-state index in [1.54, 1.807) is 7.11 Å². The van der Waals surface area contributed by atoms with E-state index >= 15 is 0 Å². The van der Waals surface area contributed by atoms with Gasteiger partial charge in [-0.3, -0.25) is 4.79 Å². The predicted octanol–water partition coefficient (Wildman–Crippen LogP) is 0.670. The molecule has 4 nitrogen and oxygen atoms in total. The number of carbonyl (C=O) groups excluding carboxylic acids is 1. The van der Waals surface area contributed by atoms with Gasteiger partial charge in [0.15, 0.2) is 0 Å². The van der Waals surface area contributed by atoms with E-state index in [-0.39, 0.29) is 18.1 Å². The Morgan fingerprint density at radius 1 is 1.44 bits per heavy atom. The quantitative estimate of drug-likeness (QED) is 0.724. The summed E-state index contributed by atoms with van der Waals surface area (Å²) in [6.07, 6.45) is 5.86. The van der Waals surface area contributed by atoms with E-state index in [4.69, 9.17) is 4.74 Å². The van der Waals surface area contributed by atoms with Gasteiger partial charge in [0.05, 0.1) is 12.1 Å². The highest BCUT2D eigenvalue weighted by atomic mass is 16.5. The highest BCUT2D eigenvalue weighted by Crippen LogP contribution is 2.30. The molecule has 2 aliphatic rings. The Hall–Kier alpha value is -0.610. The van der Waals surface area contributed by atoms with E-state index in [2.05, 4.69) is 10.6 Å². The van der Waals surface area contributed by atoms with Crippen molar-refractivity contribution >= 4 is 5.91 Å². The van der Waals surface area contributed by atoms with Gasteiger partial charge in [0.25, 0.3) is 0 Å². The van der Waals surface area contributed by atoms with Crippen LogP contribution in [0.2, 0.25) is 0 Å². The Morgan fingerprint density at radius 2 is 2.25 bits per heavy atom. The Morgan fingerprint density at radius 3 is 2.88 bits per heavy atom. The van der Waals surface area contributed by atoms with Crippen molar-refractivity contribution in [3.8, 4) is 0 Å². The molecule has 1 unspecified atom stereocenters. The van der Waals surface area contributed by atoms with Crippen LogP contribution in [0.3, 0.4) is 0 Å². The molecular formula is C12H22N2O2. The fraction of sp³-hybridized carbons (Fsp3) is 0.917. The summed E-state index contributed by atoms with van der Waals surface area (Å²) < 4.78 is 5.31. The average molecular weight is 226 g/mol. The minimum absolute atomic E-state index is 0.132. The molecule has 2 atom stereocenters. The average Bonchev–Trinajstić information content (AvgIpc) is 2.62.